The first-order valence-electron chi connectivity index (χ1n) is 6.52. The molecule has 2 rings (SSSR count). The van der Waals surface area contributed by atoms with Gasteiger partial charge in [0.25, 0.3) is 5.91 Å². The van der Waals surface area contributed by atoms with E-state index in [0.29, 0.717) is 11.1 Å². The molecule has 2 aromatic rings. The Bertz CT molecular complexity index is 739. The van der Waals surface area contributed by atoms with Crippen molar-refractivity contribution >= 4 is 38.8 Å². The number of furan rings is 1. The Morgan fingerprint density at radius 1 is 1.45 bits per heavy atom. The number of halogens is 1. The number of methoxy groups -OCH3 is 1. The third-order valence-electron chi connectivity index (χ3n) is 3.40. The van der Waals surface area contributed by atoms with E-state index in [4.69, 9.17) is 9.15 Å². The topological polar surface area (TPSA) is 88.8 Å². The van der Waals surface area contributed by atoms with E-state index in [1.807, 2.05) is 6.07 Å². The molecule has 0 aliphatic rings. The van der Waals surface area contributed by atoms with Crippen LogP contribution in [-0.2, 0) is 9.53 Å². The molecule has 0 radical (unpaired) electrons. The number of hydrogen-bond acceptors (Lipinski definition) is 4. The van der Waals surface area contributed by atoms with Crippen LogP contribution in [0.3, 0.4) is 0 Å². The Morgan fingerprint density at radius 2 is 2.14 bits per heavy atom. The Balaban J connectivity index is 2.37. The number of ether oxygens (including phenoxy) is 1. The molecule has 2 N–H and O–H groups in total. The molecular formula is C15H16BrNO5. The second-order valence-corrected chi connectivity index (χ2v) is 6.14. The van der Waals surface area contributed by atoms with E-state index in [1.54, 1.807) is 19.1 Å². The summed E-state index contributed by atoms with van der Waals surface area (Å²) in [5.41, 5.74) is -0.314. The van der Waals surface area contributed by atoms with Crippen LogP contribution in [0, 0.1) is 6.92 Å². The molecule has 0 aliphatic heterocycles. The van der Waals surface area contributed by atoms with Crippen LogP contribution in [-0.4, -0.2) is 36.2 Å². The smallest absolute Gasteiger partial charge is 0.331 e. The third-order valence-corrected chi connectivity index (χ3v) is 3.89. The van der Waals surface area contributed by atoms with Gasteiger partial charge in [0.15, 0.2) is 11.3 Å². The van der Waals surface area contributed by atoms with E-state index in [2.05, 4.69) is 21.2 Å². The summed E-state index contributed by atoms with van der Waals surface area (Å²) >= 11 is 3.36. The van der Waals surface area contributed by atoms with Gasteiger partial charge >= 0.3 is 5.97 Å². The summed E-state index contributed by atoms with van der Waals surface area (Å²) in [5.74, 6) is -1.68. The Labute approximate surface area is 135 Å². The number of carboxylic acid groups (broad SMARTS) is 1. The van der Waals surface area contributed by atoms with Crippen LogP contribution in [0.1, 0.15) is 23.0 Å². The highest BCUT2D eigenvalue weighted by molar-refractivity contribution is 9.10. The van der Waals surface area contributed by atoms with E-state index < -0.39 is 17.4 Å². The number of fused-ring (bicyclic) bond motifs is 1. The lowest BCUT2D eigenvalue weighted by molar-refractivity contribution is -0.145. The molecule has 1 aromatic heterocycles. The van der Waals surface area contributed by atoms with Crippen molar-refractivity contribution in [2.45, 2.75) is 19.4 Å². The Hall–Kier alpha value is -1.86. The number of aryl methyl sites for hydroxylation is 1. The molecule has 1 atom stereocenters. The number of carboxylic acids is 1. The second kappa shape index (κ2) is 6.10. The predicted molar refractivity (Wildman–Crippen MR) is 84.0 cm³/mol. The molecule has 118 valence electrons. The molecule has 0 spiro atoms. The number of amides is 1. The summed E-state index contributed by atoms with van der Waals surface area (Å²) in [5, 5.41) is 12.5. The molecule has 1 aromatic carbocycles. The van der Waals surface area contributed by atoms with E-state index in [-0.39, 0.29) is 12.4 Å². The van der Waals surface area contributed by atoms with Crippen LogP contribution in [0.25, 0.3) is 11.0 Å². The minimum absolute atomic E-state index is 0.0941. The minimum Gasteiger partial charge on any atom is -0.479 e. The fourth-order valence-electron chi connectivity index (χ4n) is 2.16. The summed E-state index contributed by atoms with van der Waals surface area (Å²) in [6.45, 7) is 2.98. The van der Waals surface area contributed by atoms with E-state index in [9.17, 15) is 14.7 Å². The van der Waals surface area contributed by atoms with Crippen LogP contribution < -0.4 is 5.32 Å². The third kappa shape index (κ3) is 3.00. The number of carbonyl (C=O) groups is 2. The monoisotopic (exact) mass is 369 g/mol. The van der Waals surface area contributed by atoms with Gasteiger partial charge < -0.3 is 19.6 Å². The van der Waals surface area contributed by atoms with Crippen LogP contribution in [0.5, 0.6) is 0 Å². The van der Waals surface area contributed by atoms with E-state index >= 15 is 0 Å². The molecule has 0 bridgehead atoms. The van der Waals surface area contributed by atoms with Gasteiger partial charge in [-0.2, -0.15) is 0 Å². The Kier molecular flexibility index (Phi) is 4.58. The molecular weight excluding hydrogens is 354 g/mol. The zero-order valence-corrected chi connectivity index (χ0v) is 14.0. The summed E-state index contributed by atoms with van der Waals surface area (Å²) in [4.78, 5) is 23.7. The highest BCUT2D eigenvalue weighted by Crippen LogP contribution is 2.28. The fraction of sp³-hybridized carbons (Fsp3) is 0.333. The van der Waals surface area contributed by atoms with Crippen molar-refractivity contribution in [3.05, 3.63) is 34.0 Å². The normalized spacial score (nSPS) is 13.8. The van der Waals surface area contributed by atoms with Crippen molar-refractivity contribution in [3.8, 4) is 0 Å². The zero-order valence-electron chi connectivity index (χ0n) is 12.4. The van der Waals surface area contributed by atoms with Crippen molar-refractivity contribution < 1.29 is 23.8 Å². The van der Waals surface area contributed by atoms with Gasteiger partial charge in [0.1, 0.15) is 5.58 Å². The molecule has 0 aliphatic carbocycles. The second-order valence-electron chi connectivity index (χ2n) is 5.22. The quantitative estimate of drug-likeness (QED) is 0.845. The maximum absolute atomic E-state index is 12.4. The number of rotatable bonds is 5. The lowest BCUT2D eigenvalue weighted by Gasteiger charge is -2.24. The van der Waals surface area contributed by atoms with E-state index in [1.165, 1.54) is 14.0 Å². The van der Waals surface area contributed by atoms with Crippen LogP contribution in [0.2, 0.25) is 0 Å². The largest absolute Gasteiger partial charge is 0.479 e. The van der Waals surface area contributed by atoms with Crippen molar-refractivity contribution in [2.24, 2.45) is 0 Å². The first-order valence-corrected chi connectivity index (χ1v) is 7.31. The number of carbonyl (C=O) groups excluding carboxylic acids is 1. The lowest BCUT2D eigenvalue weighted by atomic mass is 10.0. The molecule has 0 saturated carbocycles. The molecule has 7 heteroatoms. The molecule has 1 heterocycles. The van der Waals surface area contributed by atoms with E-state index in [0.717, 1.165) is 9.86 Å². The highest BCUT2D eigenvalue weighted by atomic mass is 79.9. The van der Waals surface area contributed by atoms with Crippen LogP contribution in [0.15, 0.2) is 27.1 Å². The number of nitrogens with one attached hydrogen (secondary N) is 1. The zero-order chi connectivity index (χ0) is 16.5. The maximum atomic E-state index is 12.4. The van der Waals surface area contributed by atoms with Crippen molar-refractivity contribution in [3.63, 3.8) is 0 Å². The van der Waals surface area contributed by atoms with Gasteiger partial charge in [-0.1, -0.05) is 15.9 Å². The van der Waals surface area contributed by atoms with Gasteiger partial charge in [-0.05, 0) is 32.0 Å². The van der Waals surface area contributed by atoms with Gasteiger partial charge in [-0.15, -0.1) is 0 Å². The average Bonchev–Trinajstić information content (AvgIpc) is 2.76. The number of aliphatic carboxylic acids is 1. The van der Waals surface area contributed by atoms with Gasteiger partial charge in [0.05, 0.1) is 6.61 Å². The molecule has 1 unspecified atom stereocenters. The van der Waals surface area contributed by atoms with Crippen molar-refractivity contribution in [2.75, 3.05) is 13.7 Å². The van der Waals surface area contributed by atoms with Gasteiger partial charge in [0, 0.05) is 22.5 Å². The lowest BCUT2D eigenvalue weighted by Crippen LogP contribution is -2.55. The minimum atomic E-state index is -1.53. The maximum Gasteiger partial charge on any atom is 0.331 e. The molecule has 22 heavy (non-hydrogen) atoms. The van der Waals surface area contributed by atoms with Gasteiger partial charge in [-0.25, -0.2) is 4.79 Å². The standard InChI is InChI=1S/C15H16BrNO5/c1-8-10-6-9(16)4-5-11(10)22-12(8)13(18)17-15(2,7-21-3)14(19)20/h4-6H,7H2,1-3H3,(H,17,18)(H,19,20). The van der Waals surface area contributed by atoms with Crippen LogP contribution >= 0.6 is 15.9 Å². The number of hydrogen-bond donors (Lipinski definition) is 2. The number of benzene rings is 1. The first kappa shape index (κ1) is 16.5. The predicted octanol–water partition coefficient (Wildman–Crippen LogP) is 2.72. The summed E-state index contributed by atoms with van der Waals surface area (Å²) in [6, 6.07) is 5.39. The van der Waals surface area contributed by atoms with Gasteiger partial charge in [-0.3, -0.25) is 4.79 Å². The van der Waals surface area contributed by atoms with Gasteiger partial charge in [0.2, 0.25) is 0 Å². The summed E-state index contributed by atoms with van der Waals surface area (Å²) in [7, 11) is 1.37. The highest BCUT2D eigenvalue weighted by Gasteiger charge is 2.36. The fourth-order valence-corrected chi connectivity index (χ4v) is 2.52. The van der Waals surface area contributed by atoms with Crippen LogP contribution in [0.4, 0.5) is 0 Å². The Morgan fingerprint density at radius 3 is 2.73 bits per heavy atom. The first-order chi connectivity index (χ1) is 10.3. The molecule has 6 nitrogen and oxygen atoms in total. The molecule has 0 saturated heterocycles. The SMILES string of the molecule is COCC(C)(NC(=O)c1oc2ccc(Br)cc2c1C)C(=O)O. The summed E-state index contributed by atoms with van der Waals surface area (Å²) < 4.78 is 11.3. The summed E-state index contributed by atoms with van der Waals surface area (Å²) in [6.07, 6.45) is 0. The molecule has 1 amide bonds. The van der Waals surface area contributed by atoms with Crippen molar-refractivity contribution in [1.29, 1.82) is 0 Å². The molecule has 0 fully saturated rings. The van der Waals surface area contributed by atoms with Crippen molar-refractivity contribution in [1.82, 2.24) is 5.32 Å². The average molecular weight is 370 g/mol.